The van der Waals surface area contributed by atoms with Crippen molar-refractivity contribution in [3.8, 4) is 0 Å². The van der Waals surface area contributed by atoms with Gasteiger partial charge < -0.3 is 19.7 Å². The fourth-order valence-corrected chi connectivity index (χ4v) is 1.54. The summed E-state index contributed by atoms with van der Waals surface area (Å²) in [5.41, 5.74) is 0. The van der Waals surface area contributed by atoms with E-state index < -0.39 is 12.1 Å². The van der Waals surface area contributed by atoms with Gasteiger partial charge in [-0.1, -0.05) is 25.7 Å². The average molecular weight is 218 g/mol. The third-order valence-electron chi connectivity index (χ3n) is 2.39. The van der Waals surface area contributed by atoms with Crippen LogP contribution in [-0.2, 0) is 9.47 Å². The van der Waals surface area contributed by atoms with Gasteiger partial charge in [0.15, 0.2) is 0 Å². The summed E-state index contributed by atoms with van der Waals surface area (Å²) >= 11 is 0. The molecular weight excluding hydrogens is 200 g/mol. The van der Waals surface area contributed by atoms with Gasteiger partial charge in [0.2, 0.25) is 0 Å². The number of rotatable bonds is 8. The van der Waals surface area contributed by atoms with Crippen LogP contribution in [0, 0.1) is 0 Å². The van der Waals surface area contributed by atoms with Crippen molar-refractivity contribution in [1.29, 1.82) is 0 Å². The van der Waals surface area contributed by atoms with E-state index in [0.29, 0.717) is 6.42 Å². The van der Waals surface area contributed by atoms with Crippen LogP contribution in [0.1, 0.15) is 44.9 Å². The highest BCUT2D eigenvalue weighted by Crippen LogP contribution is 2.27. The normalized spacial score (nSPS) is 17.9. The van der Waals surface area contributed by atoms with Gasteiger partial charge in [-0.2, -0.15) is 0 Å². The Bertz CT molecular complexity index is 196. The first-order valence-corrected chi connectivity index (χ1v) is 5.41. The molecule has 0 aromatic heterocycles. The van der Waals surface area contributed by atoms with E-state index in [1.807, 2.05) is 0 Å². The van der Waals surface area contributed by atoms with Crippen LogP contribution in [0.2, 0.25) is 0 Å². The molecular formula is C10H18O5. The Balaban J connectivity index is 1.87. The summed E-state index contributed by atoms with van der Waals surface area (Å²) in [6.45, 7) is 0.254. The van der Waals surface area contributed by atoms with Gasteiger partial charge in [0.25, 0.3) is 0 Å². The lowest BCUT2D eigenvalue weighted by molar-refractivity contribution is -0.388. The zero-order chi connectivity index (χ0) is 11.1. The molecule has 5 nitrogen and oxygen atoms in total. The summed E-state index contributed by atoms with van der Waals surface area (Å²) in [5.74, 6) is -1.65. The van der Waals surface area contributed by atoms with Gasteiger partial charge >= 0.3 is 12.1 Å². The Labute approximate surface area is 89.0 Å². The second-order valence-electron chi connectivity index (χ2n) is 3.76. The first-order chi connectivity index (χ1) is 7.16. The van der Waals surface area contributed by atoms with E-state index in [-0.39, 0.29) is 6.61 Å². The molecule has 0 aromatic rings. The fraction of sp³-hybridized carbons (Fsp3) is 0.900. The van der Waals surface area contributed by atoms with Crippen LogP contribution in [-0.4, -0.2) is 28.9 Å². The number of aliphatic hydroxyl groups excluding tert-OH is 1. The van der Waals surface area contributed by atoms with Crippen LogP contribution in [0.15, 0.2) is 0 Å². The number of carbonyl (C=O) groups excluding carboxylic acids is 1. The maximum absolute atomic E-state index is 10.3. The Morgan fingerprint density at radius 2 is 1.53 bits per heavy atom. The molecule has 1 aliphatic rings. The van der Waals surface area contributed by atoms with Gasteiger partial charge in [-0.05, 0) is 12.8 Å². The molecule has 0 atom stereocenters. The lowest BCUT2D eigenvalue weighted by atomic mass is 10.1. The lowest BCUT2D eigenvalue weighted by Crippen LogP contribution is -2.49. The molecule has 1 heterocycles. The van der Waals surface area contributed by atoms with Crippen LogP contribution >= 0.6 is 0 Å². The van der Waals surface area contributed by atoms with Crippen molar-refractivity contribution in [2.45, 2.75) is 50.9 Å². The Hall–Kier alpha value is -0.810. The molecule has 15 heavy (non-hydrogen) atoms. The Morgan fingerprint density at radius 1 is 1.00 bits per heavy atom. The molecule has 0 unspecified atom stereocenters. The molecule has 0 saturated carbocycles. The molecule has 0 aromatic carbocycles. The fourth-order valence-electron chi connectivity index (χ4n) is 1.54. The summed E-state index contributed by atoms with van der Waals surface area (Å²) in [5, 5.41) is 17.9. The highest BCUT2D eigenvalue weighted by atomic mass is 17.0. The lowest BCUT2D eigenvalue weighted by Gasteiger charge is -2.33. The van der Waals surface area contributed by atoms with Gasteiger partial charge in [0, 0.05) is 6.61 Å². The smallest absolute Gasteiger partial charge is 0.396 e. The van der Waals surface area contributed by atoms with Gasteiger partial charge in [0.1, 0.15) is 0 Å². The van der Waals surface area contributed by atoms with E-state index in [0.717, 1.165) is 38.5 Å². The number of ether oxygens (including phenoxy) is 2. The Kier molecular flexibility index (Phi) is 4.84. The minimum Gasteiger partial charge on any atom is -0.396 e. The first-order valence-electron chi connectivity index (χ1n) is 5.41. The van der Waals surface area contributed by atoms with Gasteiger partial charge in [-0.15, -0.1) is 0 Å². The molecule has 0 aliphatic carbocycles. The minimum absolute atomic E-state index is 0.254. The van der Waals surface area contributed by atoms with Crippen molar-refractivity contribution >= 4 is 6.16 Å². The highest BCUT2D eigenvalue weighted by Gasteiger charge is 2.46. The number of unbranched alkanes of at least 4 members (excludes halogenated alkanes) is 5. The van der Waals surface area contributed by atoms with Crippen molar-refractivity contribution in [1.82, 2.24) is 0 Å². The van der Waals surface area contributed by atoms with Gasteiger partial charge in [-0.3, -0.25) is 0 Å². The van der Waals surface area contributed by atoms with Crippen LogP contribution in [0.5, 0.6) is 0 Å². The predicted octanol–water partition coefficient (Wildman–Crippen LogP) is 1.52. The summed E-state index contributed by atoms with van der Waals surface area (Å²) in [6.07, 6.45) is 5.29. The molecule has 1 aliphatic heterocycles. The van der Waals surface area contributed by atoms with Crippen molar-refractivity contribution in [3.05, 3.63) is 0 Å². The second-order valence-corrected chi connectivity index (χ2v) is 3.76. The summed E-state index contributed by atoms with van der Waals surface area (Å²) < 4.78 is 8.87. The zero-order valence-corrected chi connectivity index (χ0v) is 8.78. The third kappa shape index (κ3) is 4.48. The zero-order valence-electron chi connectivity index (χ0n) is 8.78. The largest absolute Gasteiger partial charge is 0.518 e. The van der Waals surface area contributed by atoms with Crippen LogP contribution in [0.4, 0.5) is 4.79 Å². The highest BCUT2D eigenvalue weighted by molar-refractivity contribution is 5.64. The molecule has 0 spiro atoms. The van der Waals surface area contributed by atoms with Gasteiger partial charge in [0.05, 0.1) is 6.42 Å². The molecule has 1 fully saturated rings. The molecule has 5 heteroatoms. The quantitative estimate of drug-likeness (QED) is 0.477. The standard InChI is InChI=1S/C10H18O5/c11-8-6-4-2-1-3-5-7-10(13)14-9(12)15-10/h11,13H,1-8H2. The third-order valence-corrected chi connectivity index (χ3v) is 2.39. The van der Waals surface area contributed by atoms with E-state index in [1.54, 1.807) is 0 Å². The summed E-state index contributed by atoms with van der Waals surface area (Å²) in [6, 6.07) is 0. The Morgan fingerprint density at radius 3 is 2.07 bits per heavy atom. The number of hydrogen-bond donors (Lipinski definition) is 2. The number of hydrogen-bond acceptors (Lipinski definition) is 5. The maximum Gasteiger partial charge on any atom is 0.518 e. The number of carbonyl (C=O) groups is 1. The summed E-state index contributed by atoms with van der Waals surface area (Å²) in [7, 11) is 0. The summed E-state index contributed by atoms with van der Waals surface area (Å²) in [4.78, 5) is 10.3. The van der Waals surface area contributed by atoms with Crippen molar-refractivity contribution < 1.29 is 24.5 Å². The van der Waals surface area contributed by atoms with Crippen molar-refractivity contribution in [3.63, 3.8) is 0 Å². The SMILES string of the molecule is O=C1OC(O)(CCCCCCCCO)O1. The van der Waals surface area contributed by atoms with E-state index in [1.165, 1.54) is 0 Å². The maximum atomic E-state index is 10.3. The molecule has 0 bridgehead atoms. The van der Waals surface area contributed by atoms with Crippen molar-refractivity contribution in [2.75, 3.05) is 6.61 Å². The number of cyclic esters (lactones) is 2. The van der Waals surface area contributed by atoms with Crippen LogP contribution in [0.3, 0.4) is 0 Å². The monoisotopic (exact) mass is 218 g/mol. The van der Waals surface area contributed by atoms with E-state index >= 15 is 0 Å². The van der Waals surface area contributed by atoms with Gasteiger partial charge in [-0.25, -0.2) is 4.79 Å². The molecule has 0 amide bonds. The van der Waals surface area contributed by atoms with E-state index in [9.17, 15) is 9.90 Å². The molecule has 1 saturated heterocycles. The van der Waals surface area contributed by atoms with Crippen LogP contribution in [0.25, 0.3) is 0 Å². The molecule has 0 radical (unpaired) electrons. The average Bonchev–Trinajstić information content (AvgIpc) is 2.14. The topological polar surface area (TPSA) is 76.0 Å². The first kappa shape index (κ1) is 12.3. The van der Waals surface area contributed by atoms with Crippen molar-refractivity contribution in [2.24, 2.45) is 0 Å². The predicted molar refractivity (Wildman–Crippen MR) is 51.9 cm³/mol. The molecule has 88 valence electrons. The molecule has 2 N–H and O–H groups in total. The number of aliphatic hydroxyl groups is 2. The molecule has 1 rings (SSSR count). The van der Waals surface area contributed by atoms with E-state index in [2.05, 4.69) is 9.47 Å². The van der Waals surface area contributed by atoms with Crippen LogP contribution < -0.4 is 0 Å². The van der Waals surface area contributed by atoms with E-state index in [4.69, 9.17) is 5.11 Å². The second kappa shape index (κ2) is 5.92. The minimum atomic E-state index is -1.65.